The van der Waals surface area contributed by atoms with E-state index in [-0.39, 0.29) is 11.9 Å². The summed E-state index contributed by atoms with van der Waals surface area (Å²) in [6, 6.07) is 4.62. The highest BCUT2D eigenvalue weighted by Gasteiger charge is 2.03. The molecule has 0 aliphatic carbocycles. The smallest absolute Gasteiger partial charge is 0.124 e. The molecule has 0 aliphatic rings. The molecule has 0 saturated carbocycles. The molecule has 4 heteroatoms. The van der Waals surface area contributed by atoms with Crippen molar-refractivity contribution >= 4 is 11.6 Å². The van der Waals surface area contributed by atoms with Crippen LogP contribution < -0.4 is 11.1 Å². The molecule has 0 unspecified atom stereocenters. The molecule has 0 fully saturated rings. The number of benzene rings is 1. The molecule has 0 amide bonds. The quantitative estimate of drug-likeness (QED) is 0.807. The Morgan fingerprint density at radius 3 is 2.86 bits per heavy atom. The van der Waals surface area contributed by atoms with Gasteiger partial charge in [0.25, 0.3) is 0 Å². The maximum atomic E-state index is 12.7. The van der Waals surface area contributed by atoms with Crippen LogP contribution in [0.4, 0.5) is 4.39 Å². The summed E-state index contributed by atoms with van der Waals surface area (Å²) >= 11 is 5.84. The van der Waals surface area contributed by atoms with Crippen LogP contribution in [0.2, 0.25) is 5.02 Å². The van der Waals surface area contributed by atoms with Gasteiger partial charge in [-0.1, -0.05) is 17.7 Å². The van der Waals surface area contributed by atoms with E-state index in [1.165, 1.54) is 12.1 Å². The van der Waals surface area contributed by atoms with E-state index in [1.807, 2.05) is 6.92 Å². The minimum atomic E-state index is -0.314. The lowest BCUT2D eigenvalue weighted by Crippen LogP contribution is -2.32. The molecular formula is C10H14ClFN2. The van der Waals surface area contributed by atoms with Crippen molar-refractivity contribution in [2.75, 3.05) is 6.54 Å². The lowest BCUT2D eigenvalue weighted by atomic mass is 10.2. The minimum Gasteiger partial charge on any atom is -0.329 e. The van der Waals surface area contributed by atoms with Gasteiger partial charge < -0.3 is 11.1 Å². The second-order valence-electron chi connectivity index (χ2n) is 3.25. The topological polar surface area (TPSA) is 38.0 Å². The van der Waals surface area contributed by atoms with Crippen LogP contribution in [-0.4, -0.2) is 12.6 Å². The van der Waals surface area contributed by atoms with E-state index in [4.69, 9.17) is 17.3 Å². The van der Waals surface area contributed by atoms with E-state index >= 15 is 0 Å². The summed E-state index contributed by atoms with van der Waals surface area (Å²) in [5.41, 5.74) is 6.33. The van der Waals surface area contributed by atoms with Gasteiger partial charge >= 0.3 is 0 Å². The largest absolute Gasteiger partial charge is 0.329 e. The summed E-state index contributed by atoms with van der Waals surface area (Å²) in [6.45, 7) is 3.16. The molecule has 0 radical (unpaired) electrons. The zero-order valence-corrected chi connectivity index (χ0v) is 8.81. The molecule has 78 valence electrons. The number of hydrogen-bond donors (Lipinski definition) is 2. The highest BCUT2D eigenvalue weighted by molar-refractivity contribution is 6.31. The van der Waals surface area contributed by atoms with Crippen molar-refractivity contribution in [1.82, 2.24) is 5.32 Å². The van der Waals surface area contributed by atoms with Gasteiger partial charge in [-0.3, -0.25) is 0 Å². The van der Waals surface area contributed by atoms with Gasteiger partial charge in [0.05, 0.1) is 0 Å². The zero-order chi connectivity index (χ0) is 10.6. The van der Waals surface area contributed by atoms with Crippen LogP contribution in [0.5, 0.6) is 0 Å². The molecule has 0 bridgehead atoms. The Hall–Kier alpha value is -0.640. The number of halogens is 2. The molecule has 0 spiro atoms. The Labute approximate surface area is 88.2 Å². The summed E-state index contributed by atoms with van der Waals surface area (Å²) in [5, 5.41) is 3.62. The third kappa shape index (κ3) is 3.25. The van der Waals surface area contributed by atoms with Crippen LogP contribution in [0.3, 0.4) is 0 Å². The molecule has 1 aromatic carbocycles. The lowest BCUT2D eigenvalue weighted by Gasteiger charge is -2.11. The molecule has 0 aliphatic heterocycles. The first-order chi connectivity index (χ1) is 6.63. The average Bonchev–Trinajstić information content (AvgIpc) is 2.16. The fraction of sp³-hybridized carbons (Fsp3) is 0.400. The van der Waals surface area contributed by atoms with Gasteiger partial charge in [0.15, 0.2) is 0 Å². The Bertz CT molecular complexity index is 304. The lowest BCUT2D eigenvalue weighted by molar-refractivity contribution is 0.555. The maximum Gasteiger partial charge on any atom is 0.124 e. The van der Waals surface area contributed by atoms with Gasteiger partial charge in [0.1, 0.15) is 5.82 Å². The first kappa shape index (κ1) is 11.4. The van der Waals surface area contributed by atoms with Crippen LogP contribution in [0.15, 0.2) is 18.2 Å². The SMILES string of the molecule is C[C@H](CN)NCc1ccc(F)cc1Cl. The third-order valence-electron chi connectivity index (χ3n) is 2.01. The Morgan fingerprint density at radius 1 is 1.57 bits per heavy atom. The predicted molar refractivity (Wildman–Crippen MR) is 56.8 cm³/mol. The molecule has 3 N–H and O–H groups in total. The first-order valence-corrected chi connectivity index (χ1v) is 4.88. The number of nitrogens with two attached hydrogens (primary N) is 1. The Balaban J connectivity index is 2.59. The minimum absolute atomic E-state index is 0.233. The molecule has 0 saturated heterocycles. The van der Waals surface area contributed by atoms with Crippen LogP contribution in [0.1, 0.15) is 12.5 Å². The molecule has 1 atom stereocenters. The van der Waals surface area contributed by atoms with Gasteiger partial charge in [-0.2, -0.15) is 0 Å². The summed E-state index contributed by atoms with van der Waals surface area (Å²) < 4.78 is 12.7. The Morgan fingerprint density at radius 2 is 2.29 bits per heavy atom. The van der Waals surface area contributed by atoms with Crippen molar-refractivity contribution in [3.8, 4) is 0 Å². The zero-order valence-electron chi connectivity index (χ0n) is 8.06. The summed E-state index contributed by atoms with van der Waals surface area (Å²) in [5.74, 6) is -0.314. The second kappa shape index (κ2) is 5.29. The van der Waals surface area contributed by atoms with Crippen molar-refractivity contribution in [1.29, 1.82) is 0 Å². The monoisotopic (exact) mass is 216 g/mol. The molecular weight excluding hydrogens is 203 g/mol. The van der Waals surface area contributed by atoms with Gasteiger partial charge in [0, 0.05) is 24.2 Å². The summed E-state index contributed by atoms with van der Waals surface area (Å²) in [6.07, 6.45) is 0. The predicted octanol–water partition coefficient (Wildman–Crippen LogP) is 1.92. The van der Waals surface area contributed by atoms with E-state index in [0.717, 1.165) is 5.56 Å². The van der Waals surface area contributed by atoms with Gasteiger partial charge in [-0.25, -0.2) is 4.39 Å². The van der Waals surface area contributed by atoms with Crippen LogP contribution in [-0.2, 0) is 6.54 Å². The molecule has 2 nitrogen and oxygen atoms in total. The number of hydrogen-bond acceptors (Lipinski definition) is 2. The fourth-order valence-electron chi connectivity index (χ4n) is 1.03. The summed E-state index contributed by atoms with van der Waals surface area (Å²) in [4.78, 5) is 0. The van der Waals surface area contributed by atoms with E-state index in [0.29, 0.717) is 18.1 Å². The standard InChI is InChI=1S/C10H14ClFN2/c1-7(5-13)14-6-8-2-3-9(12)4-10(8)11/h2-4,7,14H,5-6,13H2,1H3/t7-/m1/s1. The normalized spacial score (nSPS) is 12.9. The van der Waals surface area contributed by atoms with Gasteiger partial charge in [-0.15, -0.1) is 0 Å². The molecule has 0 heterocycles. The molecule has 0 aromatic heterocycles. The van der Waals surface area contributed by atoms with Gasteiger partial charge in [0.2, 0.25) is 0 Å². The molecule has 14 heavy (non-hydrogen) atoms. The van der Waals surface area contributed by atoms with E-state index < -0.39 is 0 Å². The number of rotatable bonds is 4. The number of nitrogens with one attached hydrogen (secondary N) is 1. The molecule has 1 aromatic rings. The van der Waals surface area contributed by atoms with E-state index in [1.54, 1.807) is 6.07 Å². The van der Waals surface area contributed by atoms with Crippen LogP contribution >= 0.6 is 11.6 Å². The van der Waals surface area contributed by atoms with Crippen molar-refractivity contribution in [3.63, 3.8) is 0 Å². The second-order valence-corrected chi connectivity index (χ2v) is 3.66. The molecule has 1 rings (SSSR count). The van der Waals surface area contributed by atoms with E-state index in [9.17, 15) is 4.39 Å². The highest BCUT2D eigenvalue weighted by Crippen LogP contribution is 2.16. The highest BCUT2D eigenvalue weighted by atomic mass is 35.5. The van der Waals surface area contributed by atoms with Crippen LogP contribution in [0, 0.1) is 5.82 Å². The Kier molecular flexibility index (Phi) is 4.32. The van der Waals surface area contributed by atoms with Crippen molar-refractivity contribution in [2.24, 2.45) is 5.73 Å². The average molecular weight is 217 g/mol. The maximum absolute atomic E-state index is 12.7. The first-order valence-electron chi connectivity index (χ1n) is 4.51. The van der Waals surface area contributed by atoms with E-state index in [2.05, 4.69) is 5.32 Å². The van der Waals surface area contributed by atoms with Crippen molar-refractivity contribution in [3.05, 3.63) is 34.6 Å². The summed E-state index contributed by atoms with van der Waals surface area (Å²) in [7, 11) is 0. The van der Waals surface area contributed by atoms with Crippen molar-refractivity contribution in [2.45, 2.75) is 19.5 Å². The fourth-order valence-corrected chi connectivity index (χ4v) is 1.27. The van der Waals surface area contributed by atoms with Gasteiger partial charge in [-0.05, 0) is 24.6 Å². The third-order valence-corrected chi connectivity index (χ3v) is 2.36. The van der Waals surface area contributed by atoms with Crippen molar-refractivity contribution < 1.29 is 4.39 Å². The van der Waals surface area contributed by atoms with Crippen LogP contribution in [0.25, 0.3) is 0 Å².